The van der Waals surface area contributed by atoms with E-state index in [-0.39, 0.29) is 0 Å². The van der Waals surface area contributed by atoms with E-state index in [1.807, 2.05) is 6.92 Å². The van der Waals surface area contributed by atoms with Crippen molar-refractivity contribution in [2.24, 2.45) is 0 Å². The molecule has 18 heavy (non-hydrogen) atoms. The second-order valence-electron chi connectivity index (χ2n) is 4.12. The Bertz CT molecular complexity index is 523. The van der Waals surface area contributed by atoms with Gasteiger partial charge in [0.25, 0.3) is 0 Å². The van der Waals surface area contributed by atoms with Crippen molar-refractivity contribution in [1.82, 2.24) is 20.2 Å². The van der Waals surface area contributed by atoms with E-state index in [1.54, 1.807) is 12.3 Å². The van der Waals surface area contributed by atoms with Gasteiger partial charge in [-0.2, -0.15) is 5.10 Å². The molecule has 96 valence electrons. The van der Waals surface area contributed by atoms with Crippen LogP contribution >= 0.6 is 11.6 Å². The molecule has 0 bridgehead atoms. The van der Waals surface area contributed by atoms with Crippen LogP contribution in [0.5, 0.6) is 0 Å². The number of hydrogen-bond acceptors (Lipinski definition) is 4. The van der Waals surface area contributed by atoms with Crippen LogP contribution in [0.15, 0.2) is 12.3 Å². The maximum atomic E-state index is 5.97. The first-order chi connectivity index (χ1) is 8.69. The predicted molar refractivity (Wildman–Crippen MR) is 71.7 cm³/mol. The molecule has 0 radical (unpaired) electrons. The number of anilines is 1. The van der Waals surface area contributed by atoms with Crippen LogP contribution in [0.4, 0.5) is 5.82 Å². The Morgan fingerprint density at radius 3 is 2.89 bits per heavy atom. The summed E-state index contributed by atoms with van der Waals surface area (Å²) in [6, 6.07) is 1.73. The molecular weight excluding hydrogens is 250 g/mol. The Hall–Kier alpha value is -1.62. The fraction of sp³-hybridized carbons (Fsp3) is 0.417. The fourth-order valence-corrected chi connectivity index (χ4v) is 1.83. The van der Waals surface area contributed by atoms with Crippen molar-refractivity contribution in [1.29, 1.82) is 0 Å². The van der Waals surface area contributed by atoms with Crippen LogP contribution < -0.4 is 5.32 Å². The lowest BCUT2D eigenvalue weighted by Crippen LogP contribution is -2.05. The largest absolute Gasteiger partial charge is 0.366 e. The highest BCUT2D eigenvalue weighted by molar-refractivity contribution is 6.29. The number of aryl methyl sites for hydroxylation is 2. The number of nitrogens with one attached hydrogen (secondary N) is 2. The van der Waals surface area contributed by atoms with Crippen molar-refractivity contribution in [3.05, 3.63) is 34.5 Å². The number of H-pyrrole nitrogens is 1. The van der Waals surface area contributed by atoms with Crippen molar-refractivity contribution in [3.63, 3.8) is 0 Å². The van der Waals surface area contributed by atoms with E-state index in [2.05, 4.69) is 32.4 Å². The molecule has 6 heteroatoms. The lowest BCUT2D eigenvalue weighted by molar-refractivity contribution is 0.834. The van der Waals surface area contributed by atoms with Crippen molar-refractivity contribution >= 4 is 17.4 Å². The Morgan fingerprint density at radius 2 is 2.22 bits per heavy atom. The van der Waals surface area contributed by atoms with Crippen molar-refractivity contribution in [2.75, 3.05) is 5.32 Å². The second-order valence-corrected chi connectivity index (χ2v) is 4.50. The minimum Gasteiger partial charge on any atom is -0.366 e. The van der Waals surface area contributed by atoms with Crippen molar-refractivity contribution < 1.29 is 0 Å². The average molecular weight is 266 g/mol. The monoisotopic (exact) mass is 265 g/mol. The molecule has 5 nitrogen and oxygen atoms in total. The fourth-order valence-electron chi connectivity index (χ4n) is 1.63. The van der Waals surface area contributed by atoms with E-state index in [0.717, 1.165) is 35.7 Å². The van der Waals surface area contributed by atoms with Gasteiger partial charge in [-0.3, -0.25) is 5.10 Å². The smallest absolute Gasteiger partial charge is 0.134 e. The summed E-state index contributed by atoms with van der Waals surface area (Å²) in [7, 11) is 0. The summed E-state index contributed by atoms with van der Waals surface area (Å²) >= 11 is 5.97. The predicted octanol–water partition coefficient (Wildman–Crippen LogP) is 2.73. The van der Waals surface area contributed by atoms with Gasteiger partial charge in [0.1, 0.15) is 16.8 Å². The zero-order valence-electron chi connectivity index (χ0n) is 10.5. The molecule has 2 aromatic rings. The zero-order chi connectivity index (χ0) is 13.0. The Balaban J connectivity index is 2.07. The normalized spacial score (nSPS) is 10.6. The van der Waals surface area contributed by atoms with Gasteiger partial charge in [0, 0.05) is 30.3 Å². The lowest BCUT2D eigenvalue weighted by atomic mass is 10.2. The molecular formula is C12H16ClN5. The van der Waals surface area contributed by atoms with Gasteiger partial charge in [-0.15, -0.1) is 0 Å². The molecule has 2 N–H and O–H groups in total. The molecule has 0 aromatic carbocycles. The van der Waals surface area contributed by atoms with Crippen molar-refractivity contribution in [3.8, 4) is 0 Å². The molecule has 0 fully saturated rings. The van der Waals surface area contributed by atoms with Crippen LogP contribution in [0.3, 0.4) is 0 Å². The molecule has 0 spiro atoms. The maximum Gasteiger partial charge on any atom is 0.134 e. The summed E-state index contributed by atoms with van der Waals surface area (Å²) in [4.78, 5) is 8.60. The summed E-state index contributed by atoms with van der Waals surface area (Å²) in [5, 5.41) is 10.6. The van der Waals surface area contributed by atoms with E-state index in [4.69, 9.17) is 11.6 Å². The number of nitrogens with zero attached hydrogens (tertiary/aromatic N) is 3. The van der Waals surface area contributed by atoms with Gasteiger partial charge >= 0.3 is 0 Å². The van der Waals surface area contributed by atoms with Crippen LogP contribution in [0.2, 0.25) is 5.15 Å². The minimum atomic E-state index is 0.472. The van der Waals surface area contributed by atoms with Crippen molar-refractivity contribution in [2.45, 2.75) is 33.2 Å². The average Bonchev–Trinajstić information content (AvgIpc) is 2.72. The molecule has 0 amide bonds. The van der Waals surface area contributed by atoms with E-state index in [9.17, 15) is 0 Å². The Morgan fingerprint density at radius 1 is 1.39 bits per heavy atom. The first-order valence-corrected chi connectivity index (χ1v) is 6.33. The molecule has 0 aliphatic carbocycles. The molecule has 0 saturated heterocycles. The van der Waals surface area contributed by atoms with Crippen LogP contribution in [-0.2, 0) is 13.0 Å². The van der Waals surface area contributed by atoms with E-state index < -0.39 is 0 Å². The quantitative estimate of drug-likeness (QED) is 0.816. The topological polar surface area (TPSA) is 66.5 Å². The first kappa shape index (κ1) is 12.8. The molecule has 2 aromatic heterocycles. The third kappa shape index (κ3) is 3.20. The summed E-state index contributed by atoms with van der Waals surface area (Å²) in [6.45, 7) is 4.74. The Labute approximate surface area is 111 Å². The molecule has 0 atom stereocenters. The van der Waals surface area contributed by atoms with Crippen LogP contribution in [0.1, 0.15) is 30.4 Å². The van der Waals surface area contributed by atoms with Gasteiger partial charge in [-0.05, 0) is 13.3 Å². The maximum absolute atomic E-state index is 5.97. The number of hydrogen-bond donors (Lipinski definition) is 2. The summed E-state index contributed by atoms with van der Waals surface area (Å²) in [5.41, 5.74) is 2.17. The summed E-state index contributed by atoms with van der Waals surface area (Å²) in [5.74, 6) is 1.52. The Kier molecular flexibility index (Phi) is 4.15. The van der Waals surface area contributed by atoms with Gasteiger partial charge in [0.2, 0.25) is 0 Å². The third-order valence-corrected chi connectivity index (χ3v) is 2.80. The van der Waals surface area contributed by atoms with E-state index >= 15 is 0 Å². The van der Waals surface area contributed by atoms with Gasteiger partial charge in [-0.25, -0.2) is 9.97 Å². The van der Waals surface area contributed by atoms with E-state index in [0.29, 0.717) is 11.7 Å². The minimum absolute atomic E-state index is 0.472. The molecule has 0 saturated carbocycles. The van der Waals surface area contributed by atoms with Gasteiger partial charge in [0.05, 0.1) is 6.20 Å². The van der Waals surface area contributed by atoms with Crippen LogP contribution in [-0.4, -0.2) is 20.2 Å². The number of halogens is 1. The highest BCUT2D eigenvalue weighted by Crippen LogP contribution is 2.14. The van der Waals surface area contributed by atoms with Gasteiger partial charge in [0.15, 0.2) is 0 Å². The van der Waals surface area contributed by atoms with Gasteiger partial charge in [-0.1, -0.05) is 18.5 Å². The highest BCUT2D eigenvalue weighted by atomic mass is 35.5. The SMILES string of the molecule is CCCc1nc(Cl)cc(NCc2cn[nH]c2C)n1. The first-order valence-electron chi connectivity index (χ1n) is 5.95. The standard InChI is InChI=1S/C12H16ClN5/c1-3-4-11-16-10(13)5-12(17-11)14-6-9-7-15-18-8(9)2/h5,7H,3-4,6H2,1-2H3,(H,15,18)(H,14,16,17). The highest BCUT2D eigenvalue weighted by Gasteiger charge is 2.04. The molecule has 0 aliphatic rings. The number of rotatable bonds is 5. The molecule has 2 rings (SSSR count). The number of aromatic amines is 1. The zero-order valence-corrected chi connectivity index (χ0v) is 11.3. The summed E-state index contributed by atoms with van der Waals surface area (Å²) < 4.78 is 0. The van der Waals surface area contributed by atoms with E-state index in [1.165, 1.54) is 0 Å². The van der Waals surface area contributed by atoms with Crippen LogP contribution in [0.25, 0.3) is 0 Å². The lowest BCUT2D eigenvalue weighted by Gasteiger charge is -2.07. The molecule has 0 unspecified atom stereocenters. The van der Waals surface area contributed by atoms with Gasteiger partial charge < -0.3 is 5.32 Å². The number of aromatic nitrogens is 4. The molecule has 2 heterocycles. The molecule has 0 aliphatic heterocycles. The summed E-state index contributed by atoms with van der Waals surface area (Å²) in [6.07, 6.45) is 3.64. The van der Waals surface area contributed by atoms with Crippen LogP contribution in [0, 0.1) is 6.92 Å². The second kappa shape index (κ2) is 5.82. The third-order valence-electron chi connectivity index (χ3n) is 2.61.